The fourth-order valence-corrected chi connectivity index (χ4v) is 4.58. The Morgan fingerprint density at radius 1 is 1.39 bits per heavy atom. The predicted octanol–water partition coefficient (Wildman–Crippen LogP) is 3.30. The van der Waals surface area contributed by atoms with E-state index >= 15 is 0 Å². The number of carbonyl (C=O) groups is 2. The second kappa shape index (κ2) is 10.4. The number of benzene rings is 1. The normalized spacial score (nSPS) is 20.5. The molecule has 0 fully saturated rings. The van der Waals surface area contributed by atoms with Crippen molar-refractivity contribution < 1.29 is 14.3 Å². The van der Waals surface area contributed by atoms with E-state index in [9.17, 15) is 9.59 Å². The number of terminal acetylenes is 1. The monoisotopic (exact) mass is 528 g/mol. The molecule has 3 atom stereocenters. The molecule has 2 aliphatic rings. The number of allylic oxidation sites excluding steroid dienone is 1. The minimum Gasteiger partial charge on any atom is -0.366 e. The molecular formula is C24H22BrClN4O3. The summed E-state index contributed by atoms with van der Waals surface area (Å²) >= 11 is 9.62. The molecule has 0 bridgehead atoms. The van der Waals surface area contributed by atoms with E-state index in [-0.39, 0.29) is 35.8 Å². The van der Waals surface area contributed by atoms with Crippen LogP contribution in [-0.4, -0.2) is 57.8 Å². The quantitative estimate of drug-likeness (QED) is 0.249. The number of imidazole rings is 1. The molecule has 33 heavy (non-hydrogen) atoms. The standard InChI is InChI=1S/C24H22BrClN4O3/c1-2-11-33-14-21(22-27-19-8-6-16(26)13-20(19)28-22)29-23(31)15-5-7-17(18(25)12-15)24(32)30-9-3-4-10-30/h1,3-8,12-13,17-18,21H,9-11,14H2,(H,27,28)(H,29,31)/t17?,18?,21-/m0/s1. The molecule has 170 valence electrons. The van der Waals surface area contributed by atoms with Crippen LogP contribution in [0.5, 0.6) is 0 Å². The number of nitrogens with zero attached hydrogens (tertiary/aromatic N) is 2. The van der Waals surface area contributed by atoms with Crippen molar-refractivity contribution in [1.29, 1.82) is 0 Å². The maximum atomic E-state index is 13.0. The third-order valence-corrected chi connectivity index (χ3v) is 6.48. The summed E-state index contributed by atoms with van der Waals surface area (Å²) < 4.78 is 5.49. The Balaban J connectivity index is 1.48. The average molecular weight is 530 g/mol. The highest BCUT2D eigenvalue weighted by Crippen LogP contribution is 2.27. The molecule has 1 aromatic heterocycles. The third-order valence-electron chi connectivity index (χ3n) is 5.41. The first-order valence-corrected chi connectivity index (χ1v) is 11.7. The minimum atomic E-state index is -0.560. The molecule has 0 saturated heterocycles. The van der Waals surface area contributed by atoms with Crippen LogP contribution in [0.2, 0.25) is 5.02 Å². The van der Waals surface area contributed by atoms with Crippen molar-refractivity contribution in [1.82, 2.24) is 20.2 Å². The largest absolute Gasteiger partial charge is 0.366 e. The number of rotatable bonds is 7. The van der Waals surface area contributed by atoms with Crippen LogP contribution in [0, 0.1) is 18.3 Å². The van der Waals surface area contributed by atoms with Crippen LogP contribution in [0.15, 0.2) is 54.2 Å². The number of alkyl halides is 1. The lowest BCUT2D eigenvalue weighted by Crippen LogP contribution is -2.38. The van der Waals surface area contributed by atoms with E-state index in [0.717, 1.165) is 11.0 Å². The summed E-state index contributed by atoms with van der Waals surface area (Å²) in [5, 5.41) is 3.53. The lowest BCUT2D eigenvalue weighted by atomic mass is 9.94. The molecule has 9 heteroatoms. The molecule has 4 rings (SSSR count). The Kier molecular flexibility index (Phi) is 7.33. The number of ether oxygens (including phenoxy) is 1. The molecule has 0 saturated carbocycles. The molecule has 0 spiro atoms. The second-order valence-corrected chi connectivity index (χ2v) is 9.19. The van der Waals surface area contributed by atoms with Gasteiger partial charge in [-0.1, -0.05) is 63.8 Å². The van der Waals surface area contributed by atoms with E-state index in [1.807, 2.05) is 12.2 Å². The van der Waals surface area contributed by atoms with E-state index in [1.54, 1.807) is 41.3 Å². The summed E-state index contributed by atoms with van der Waals surface area (Å²) in [4.78, 5) is 35.0. The maximum Gasteiger partial charge on any atom is 0.251 e. The zero-order valence-corrected chi connectivity index (χ0v) is 20.0. The molecule has 1 aromatic carbocycles. The predicted molar refractivity (Wildman–Crippen MR) is 131 cm³/mol. The second-order valence-electron chi connectivity index (χ2n) is 7.69. The number of aromatic nitrogens is 2. The van der Waals surface area contributed by atoms with Crippen molar-refractivity contribution >= 4 is 50.4 Å². The first-order chi connectivity index (χ1) is 16.0. The molecule has 2 unspecified atom stereocenters. The first kappa shape index (κ1) is 23.3. The lowest BCUT2D eigenvalue weighted by molar-refractivity contribution is -0.132. The summed E-state index contributed by atoms with van der Waals surface area (Å²) in [6.45, 7) is 1.48. The van der Waals surface area contributed by atoms with Crippen LogP contribution in [-0.2, 0) is 14.3 Å². The summed E-state index contributed by atoms with van der Waals surface area (Å²) in [7, 11) is 0. The van der Waals surface area contributed by atoms with E-state index in [2.05, 4.69) is 37.1 Å². The number of hydrogen-bond acceptors (Lipinski definition) is 4. The number of hydrogen-bond donors (Lipinski definition) is 2. The van der Waals surface area contributed by atoms with E-state index in [4.69, 9.17) is 22.8 Å². The Morgan fingerprint density at radius 3 is 2.91 bits per heavy atom. The van der Waals surface area contributed by atoms with Gasteiger partial charge in [-0.15, -0.1) is 6.42 Å². The summed E-state index contributed by atoms with van der Waals surface area (Å²) in [5.41, 5.74) is 1.92. The Hall–Kier alpha value is -2.86. The van der Waals surface area contributed by atoms with E-state index < -0.39 is 6.04 Å². The highest BCUT2D eigenvalue weighted by atomic mass is 79.9. The van der Waals surface area contributed by atoms with Crippen LogP contribution < -0.4 is 5.32 Å². The van der Waals surface area contributed by atoms with Gasteiger partial charge in [0.15, 0.2) is 0 Å². The molecule has 2 amide bonds. The van der Waals surface area contributed by atoms with Crippen LogP contribution in [0.4, 0.5) is 0 Å². The van der Waals surface area contributed by atoms with Gasteiger partial charge in [-0.2, -0.15) is 0 Å². The maximum absolute atomic E-state index is 13.0. The SMILES string of the molecule is C#CCOC[C@H](NC(=O)C1=CC(Br)C(C(=O)N2CC=CC2)C=C1)c1nc2ccc(Cl)cc2[nH]1. The summed E-state index contributed by atoms with van der Waals surface area (Å²) in [6.07, 6.45) is 14.4. The zero-order chi connectivity index (χ0) is 23.4. The molecular weight excluding hydrogens is 508 g/mol. The highest BCUT2D eigenvalue weighted by Gasteiger charge is 2.31. The van der Waals surface area contributed by atoms with Crippen molar-refractivity contribution in [2.24, 2.45) is 5.92 Å². The fraction of sp³-hybridized carbons (Fsp3) is 0.292. The molecule has 7 nitrogen and oxygen atoms in total. The summed E-state index contributed by atoms with van der Waals surface area (Å²) in [6, 6.07) is 4.76. The van der Waals surface area contributed by atoms with Crippen LogP contribution in [0.1, 0.15) is 11.9 Å². The molecule has 2 N–H and O–H groups in total. The van der Waals surface area contributed by atoms with Gasteiger partial charge in [-0.3, -0.25) is 9.59 Å². The highest BCUT2D eigenvalue weighted by molar-refractivity contribution is 9.09. The van der Waals surface area contributed by atoms with Gasteiger partial charge in [-0.25, -0.2) is 4.98 Å². The number of aromatic amines is 1. The van der Waals surface area contributed by atoms with Gasteiger partial charge < -0.3 is 19.9 Å². The van der Waals surface area contributed by atoms with Gasteiger partial charge >= 0.3 is 0 Å². The van der Waals surface area contributed by atoms with Gasteiger partial charge in [-0.05, 0) is 18.2 Å². The van der Waals surface area contributed by atoms with Gasteiger partial charge in [0.05, 0.1) is 23.6 Å². The van der Waals surface area contributed by atoms with Gasteiger partial charge in [0.1, 0.15) is 18.5 Å². The Labute approximate surface area is 205 Å². The number of fused-ring (bicyclic) bond motifs is 1. The minimum absolute atomic E-state index is 0.0235. The van der Waals surface area contributed by atoms with Crippen LogP contribution in [0.3, 0.4) is 0 Å². The van der Waals surface area contributed by atoms with E-state index in [0.29, 0.717) is 29.5 Å². The van der Waals surface area contributed by atoms with Gasteiger partial charge in [0.2, 0.25) is 5.91 Å². The number of amides is 2. The molecule has 1 aliphatic heterocycles. The molecule has 2 heterocycles. The molecule has 0 radical (unpaired) electrons. The van der Waals surface area contributed by atoms with Crippen molar-refractivity contribution in [2.75, 3.05) is 26.3 Å². The first-order valence-electron chi connectivity index (χ1n) is 10.4. The van der Waals surface area contributed by atoms with Crippen molar-refractivity contribution in [3.05, 3.63) is 65.0 Å². The number of H-pyrrole nitrogens is 1. The van der Waals surface area contributed by atoms with Crippen LogP contribution in [0.25, 0.3) is 11.0 Å². The van der Waals surface area contributed by atoms with Gasteiger partial charge in [0, 0.05) is 28.5 Å². The lowest BCUT2D eigenvalue weighted by Gasteiger charge is -2.26. The van der Waals surface area contributed by atoms with Crippen molar-refractivity contribution in [2.45, 2.75) is 10.9 Å². The topological polar surface area (TPSA) is 87.3 Å². The zero-order valence-electron chi connectivity index (χ0n) is 17.6. The number of halogens is 2. The number of carbonyl (C=O) groups excluding carboxylic acids is 2. The molecule has 2 aromatic rings. The Morgan fingerprint density at radius 2 is 2.18 bits per heavy atom. The fourth-order valence-electron chi connectivity index (χ4n) is 3.72. The summed E-state index contributed by atoms with van der Waals surface area (Å²) in [5.74, 6) is 2.30. The van der Waals surface area contributed by atoms with Crippen molar-refractivity contribution in [3.8, 4) is 12.3 Å². The van der Waals surface area contributed by atoms with Crippen molar-refractivity contribution in [3.63, 3.8) is 0 Å². The number of nitrogens with one attached hydrogen (secondary N) is 2. The average Bonchev–Trinajstić information content (AvgIpc) is 3.48. The smallest absolute Gasteiger partial charge is 0.251 e. The van der Waals surface area contributed by atoms with E-state index in [1.165, 1.54) is 0 Å². The third kappa shape index (κ3) is 5.38. The van der Waals surface area contributed by atoms with Gasteiger partial charge in [0.25, 0.3) is 5.91 Å². The Bertz CT molecular complexity index is 1190. The van der Waals surface area contributed by atoms with Crippen LogP contribution >= 0.6 is 27.5 Å². The molecule has 1 aliphatic carbocycles.